The Balaban J connectivity index is 1.34. The van der Waals surface area contributed by atoms with Gasteiger partial charge < -0.3 is 23.7 Å². The summed E-state index contributed by atoms with van der Waals surface area (Å²) in [6.07, 6.45) is 1.44. The van der Waals surface area contributed by atoms with Crippen LogP contribution in [-0.2, 0) is 16.1 Å². The van der Waals surface area contributed by atoms with Crippen molar-refractivity contribution < 1.29 is 28.5 Å². The lowest BCUT2D eigenvalue weighted by atomic mass is 9.96. The van der Waals surface area contributed by atoms with Crippen LogP contribution >= 0.6 is 22.9 Å². The first-order chi connectivity index (χ1) is 21.2. The number of carbonyl (C=O) groups excluding carboxylic acids is 1. The van der Waals surface area contributed by atoms with Gasteiger partial charge in [-0.1, -0.05) is 47.2 Å². The fourth-order valence-corrected chi connectivity index (χ4v) is 6.23. The van der Waals surface area contributed by atoms with Gasteiger partial charge in [-0.05, 0) is 79.9 Å². The highest BCUT2D eigenvalue weighted by molar-refractivity contribution is 7.07. The quantitative estimate of drug-likeness (QED) is 0.248. The van der Waals surface area contributed by atoms with Crippen molar-refractivity contribution >= 4 is 35.0 Å². The van der Waals surface area contributed by atoms with Crippen molar-refractivity contribution in [1.82, 2.24) is 4.57 Å². The monoisotopic (exact) mass is 632 g/mol. The van der Waals surface area contributed by atoms with E-state index >= 15 is 0 Å². The molecule has 6 rings (SSSR count). The molecule has 44 heavy (non-hydrogen) atoms. The largest absolute Gasteiger partial charge is 0.493 e. The van der Waals surface area contributed by atoms with E-state index in [1.165, 1.54) is 11.3 Å². The molecule has 1 atom stereocenters. The Kier molecular flexibility index (Phi) is 8.20. The van der Waals surface area contributed by atoms with E-state index in [9.17, 15) is 9.59 Å². The highest BCUT2D eigenvalue weighted by Gasteiger charge is 2.33. The summed E-state index contributed by atoms with van der Waals surface area (Å²) in [6, 6.07) is 17.5. The van der Waals surface area contributed by atoms with Crippen LogP contribution in [0.2, 0.25) is 5.02 Å². The van der Waals surface area contributed by atoms with Gasteiger partial charge in [-0.2, -0.15) is 0 Å². The molecule has 9 nitrogen and oxygen atoms in total. The summed E-state index contributed by atoms with van der Waals surface area (Å²) in [5, 5.41) is 0.547. The molecule has 1 aromatic heterocycles. The predicted octanol–water partition coefficient (Wildman–Crippen LogP) is 5.16. The van der Waals surface area contributed by atoms with Gasteiger partial charge in [-0.3, -0.25) is 9.36 Å². The van der Waals surface area contributed by atoms with Crippen LogP contribution in [0.3, 0.4) is 0 Å². The van der Waals surface area contributed by atoms with Gasteiger partial charge in [0.15, 0.2) is 27.8 Å². The van der Waals surface area contributed by atoms with Crippen molar-refractivity contribution in [1.29, 1.82) is 0 Å². The zero-order chi connectivity index (χ0) is 31.0. The van der Waals surface area contributed by atoms with Crippen molar-refractivity contribution in [3.63, 3.8) is 0 Å². The van der Waals surface area contributed by atoms with E-state index in [1.54, 1.807) is 74.9 Å². The topological polar surface area (TPSA) is 97.6 Å². The molecule has 0 fully saturated rings. The van der Waals surface area contributed by atoms with Gasteiger partial charge in [0.1, 0.15) is 6.61 Å². The van der Waals surface area contributed by atoms with Gasteiger partial charge in [0.05, 0.1) is 35.1 Å². The van der Waals surface area contributed by atoms with Gasteiger partial charge in [-0.25, -0.2) is 9.79 Å². The number of thiazole rings is 1. The highest BCUT2D eigenvalue weighted by atomic mass is 35.5. The molecule has 4 aromatic rings. The molecule has 2 aliphatic heterocycles. The molecule has 3 heterocycles. The molecule has 11 heteroatoms. The van der Waals surface area contributed by atoms with E-state index in [1.807, 2.05) is 24.3 Å². The Morgan fingerprint density at radius 3 is 2.61 bits per heavy atom. The van der Waals surface area contributed by atoms with Crippen LogP contribution in [-0.4, -0.2) is 30.5 Å². The molecule has 1 unspecified atom stereocenters. The number of esters is 1. The number of aromatic nitrogens is 1. The number of fused-ring (bicyclic) bond motifs is 2. The first-order valence-corrected chi connectivity index (χ1v) is 15.1. The van der Waals surface area contributed by atoms with Crippen molar-refractivity contribution in [2.45, 2.75) is 39.5 Å². The maximum atomic E-state index is 13.9. The molecule has 2 aliphatic rings. The molecule has 0 saturated carbocycles. The molecule has 226 valence electrons. The van der Waals surface area contributed by atoms with Crippen LogP contribution in [0.1, 0.15) is 43.5 Å². The number of benzene rings is 3. The number of allylic oxidation sites excluding steroid dienone is 1. The number of hydrogen-bond acceptors (Lipinski definition) is 9. The lowest BCUT2D eigenvalue weighted by Crippen LogP contribution is -2.40. The van der Waals surface area contributed by atoms with Gasteiger partial charge >= 0.3 is 5.97 Å². The second-order valence-electron chi connectivity index (χ2n) is 10.5. The van der Waals surface area contributed by atoms with Gasteiger partial charge in [0, 0.05) is 5.02 Å². The third-order valence-corrected chi connectivity index (χ3v) is 8.32. The molecule has 0 N–H and O–H groups in total. The predicted molar refractivity (Wildman–Crippen MR) is 166 cm³/mol. The molecule has 3 aromatic carbocycles. The van der Waals surface area contributed by atoms with Crippen molar-refractivity contribution in [2.75, 3.05) is 13.9 Å². The normalized spacial score (nSPS) is 15.7. The van der Waals surface area contributed by atoms with Crippen molar-refractivity contribution in [3.05, 3.63) is 113 Å². The first-order valence-electron chi connectivity index (χ1n) is 13.9. The van der Waals surface area contributed by atoms with E-state index in [0.717, 1.165) is 16.7 Å². The van der Waals surface area contributed by atoms with Crippen LogP contribution in [0.5, 0.6) is 23.0 Å². The zero-order valence-electron chi connectivity index (χ0n) is 24.5. The van der Waals surface area contributed by atoms with Crippen LogP contribution in [0.15, 0.2) is 81.7 Å². The number of ether oxygens (including phenoxy) is 5. The first kappa shape index (κ1) is 29.5. The molecule has 0 spiro atoms. The standard InChI is InChI=1S/C33H29ClN2O7S/c1-18(2)43-32(38)29-19(3)35-33-36(30(29)22-7-9-23(34)10-8-22)31(37)28(44-33)15-20-5-11-24(26(13-20)39-4)40-16-21-6-12-25-27(14-21)42-17-41-25/h5-15,18,30H,16-17H2,1-4H3. The number of carbonyl (C=O) groups is 1. The lowest BCUT2D eigenvalue weighted by molar-refractivity contribution is -0.143. The van der Waals surface area contributed by atoms with E-state index in [0.29, 0.717) is 55.2 Å². The molecule has 0 saturated heterocycles. The molecular weight excluding hydrogens is 604 g/mol. The average molecular weight is 633 g/mol. The van der Waals surface area contributed by atoms with E-state index in [2.05, 4.69) is 4.99 Å². The Morgan fingerprint density at radius 2 is 1.86 bits per heavy atom. The fourth-order valence-electron chi connectivity index (χ4n) is 5.06. The smallest absolute Gasteiger partial charge is 0.338 e. The van der Waals surface area contributed by atoms with Gasteiger partial charge in [0.2, 0.25) is 6.79 Å². The maximum absolute atomic E-state index is 13.9. The van der Waals surface area contributed by atoms with E-state index < -0.39 is 12.0 Å². The third-order valence-electron chi connectivity index (χ3n) is 7.09. The summed E-state index contributed by atoms with van der Waals surface area (Å²) in [6.45, 7) is 5.82. The Hall–Kier alpha value is -4.54. The molecular formula is C33H29ClN2O7S. The molecule has 0 amide bonds. The summed E-state index contributed by atoms with van der Waals surface area (Å²) >= 11 is 7.40. The Labute approximate surface area is 262 Å². The number of methoxy groups -OCH3 is 1. The summed E-state index contributed by atoms with van der Waals surface area (Å²) in [4.78, 5) is 32.3. The third kappa shape index (κ3) is 5.82. The number of hydrogen-bond donors (Lipinski definition) is 0. The van der Waals surface area contributed by atoms with E-state index in [4.69, 9.17) is 35.3 Å². The molecule has 0 radical (unpaired) electrons. The van der Waals surface area contributed by atoms with Crippen LogP contribution in [0.25, 0.3) is 6.08 Å². The summed E-state index contributed by atoms with van der Waals surface area (Å²) < 4.78 is 30.0. The van der Waals surface area contributed by atoms with Crippen molar-refractivity contribution in [2.24, 2.45) is 4.99 Å². The van der Waals surface area contributed by atoms with Crippen molar-refractivity contribution in [3.8, 4) is 23.0 Å². The number of rotatable bonds is 8. The minimum atomic E-state index is -0.724. The average Bonchev–Trinajstić information content (AvgIpc) is 3.59. The second-order valence-corrected chi connectivity index (χ2v) is 11.9. The van der Waals surface area contributed by atoms with Crippen LogP contribution in [0, 0.1) is 0 Å². The van der Waals surface area contributed by atoms with Crippen LogP contribution in [0.4, 0.5) is 0 Å². The fraction of sp³-hybridized carbons (Fsp3) is 0.242. The van der Waals surface area contributed by atoms with Gasteiger partial charge in [0.25, 0.3) is 5.56 Å². The summed E-state index contributed by atoms with van der Waals surface area (Å²) in [5.74, 6) is 1.95. The summed E-state index contributed by atoms with van der Waals surface area (Å²) in [7, 11) is 1.56. The Bertz CT molecular complexity index is 1960. The number of halogens is 1. The highest BCUT2D eigenvalue weighted by Crippen LogP contribution is 2.34. The van der Waals surface area contributed by atoms with Gasteiger partial charge in [-0.15, -0.1) is 0 Å². The number of nitrogens with zero attached hydrogens (tertiary/aromatic N) is 2. The minimum absolute atomic E-state index is 0.208. The lowest BCUT2D eigenvalue weighted by Gasteiger charge is -2.25. The molecule has 0 bridgehead atoms. The SMILES string of the molecule is COc1cc(C=c2sc3n(c2=O)C(c2ccc(Cl)cc2)C(C(=O)OC(C)C)=C(C)N=3)ccc1OCc1ccc2c(c1)OCO2. The van der Waals surface area contributed by atoms with E-state index in [-0.39, 0.29) is 18.5 Å². The molecule has 0 aliphatic carbocycles. The Morgan fingerprint density at radius 1 is 1.09 bits per heavy atom. The minimum Gasteiger partial charge on any atom is -0.493 e. The zero-order valence-corrected chi connectivity index (χ0v) is 26.0. The van der Waals surface area contributed by atoms with Crippen LogP contribution < -0.4 is 33.8 Å². The summed E-state index contributed by atoms with van der Waals surface area (Å²) in [5.41, 5.74) is 2.90. The maximum Gasteiger partial charge on any atom is 0.338 e. The second kappa shape index (κ2) is 12.2.